The first kappa shape index (κ1) is 5.82. The number of aromatic nitrogens is 2. The van der Waals surface area contributed by atoms with E-state index in [-0.39, 0.29) is 11.6 Å². The molecule has 5 nitrogen and oxygen atoms in total. The predicted molar refractivity (Wildman–Crippen MR) is 38.7 cm³/mol. The van der Waals surface area contributed by atoms with E-state index in [1.807, 2.05) is 6.07 Å². The van der Waals surface area contributed by atoms with Crippen molar-refractivity contribution in [1.82, 2.24) is 9.38 Å². The molecule has 0 fully saturated rings. The number of aromatic hydroxyl groups is 1. The predicted octanol–water partition coefficient (Wildman–Crippen LogP) is -2.73. The molecule has 1 aliphatic heterocycles. The molecule has 3 heterocycles. The molecule has 2 bridgehead atoms. The first-order valence-corrected chi connectivity index (χ1v) is 3.63. The van der Waals surface area contributed by atoms with Crippen molar-refractivity contribution in [2.45, 2.75) is 6.54 Å². The topological polar surface area (TPSA) is 71.5 Å². The van der Waals surface area contributed by atoms with Crippen molar-refractivity contribution in [2.75, 3.05) is 0 Å². The van der Waals surface area contributed by atoms with Crippen molar-refractivity contribution in [1.29, 1.82) is 0 Å². The summed E-state index contributed by atoms with van der Waals surface area (Å²) in [5.41, 5.74) is 1.17. The lowest BCUT2D eigenvalue weighted by Gasteiger charge is -1.88. The molecule has 1 aliphatic rings. The normalized spacial score (nSPS) is 14.0. The maximum Gasteiger partial charge on any atom is 0.333 e. The zero-order valence-electron chi connectivity index (χ0n) is 6.09. The fraction of sp³-hybridized carbons (Fsp3) is 0.143. The van der Waals surface area contributed by atoms with Gasteiger partial charge < -0.3 is 5.11 Å². The van der Waals surface area contributed by atoms with Gasteiger partial charge in [0.05, 0.1) is 5.69 Å². The zero-order valence-corrected chi connectivity index (χ0v) is 6.09. The van der Waals surface area contributed by atoms with Crippen LogP contribution in [0, 0.1) is 0 Å². The Labute approximate surface area is 66.0 Å². The summed E-state index contributed by atoms with van der Waals surface area (Å²) in [4.78, 5) is 16.6. The highest BCUT2D eigenvalue weighted by atomic mass is 16.3. The fourth-order valence-corrected chi connectivity index (χ4v) is 1.70. The van der Waals surface area contributed by atoms with Crippen LogP contribution in [0.3, 0.4) is 0 Å². The molecule has 12 heavy (non-hydrogen) atoms. The number of nitrogens with one attached hydrogen (secondary N) is 2. The van der Waals surface area contributed by atoms with Gasteiger partial charge in [0.1, 0.15) is 0 Å². The van der Waals surface area contributed by atoms with Crippen molar-refractivity contribution < 1.29 is 10.1 Å². The number of aromatic amines is 1. The van der Waals surface area contributed by atoms with Crippen LogP contribution < -0.4 is 16.0 Å². The summed E-state index contributed by atoms with van der Waals surface area (Å²) in [6.07, 6.45) is 0. The van der Waals surface area contributed by atoms with Crippen molar-refractivity contribution in [3.05, 3.63) is 27.6 Å². The smallest absolute Gasteiger partial charge is 0.333 e. The van der Waals surface area contributed by atoms with E-state index < -0.39 is 0 Å². The molecule has 0 atom stereocenters. The molecule has 60 valence electrons. The van der Waals surface area contributed by atoms with E-state index in [0.29, 0.717) is 12.1 Å². The fourth-order valence-electron chi connectivity index (χ4n) is 1.70. The van der Waals surface area contributed by atoms with Crippen LogP contribution >= 0.6 is 0 Å². The van der Waals surface area contributed by atoms with Gasteiger partial charge in [0.25, 0.3) is 0 Å². The van der Waals surface area contributed by atoms with Crippen LogP contribution in [0.4, 0.5) is 0 Å². The Bertz CT molecular complexity index is 578. The molecular formula is C7H6N3O2+. The Balaban J connectivity index is 2.81. The summed E-state index contributed by atoms with van der Waals surface area (Å²) >= 11 is 0. The monoisotopic (exact) mass is 164 g/mol. The lowest BCUT2D eigenvalue weighted by molar-refractivity contribution is -0.513. The van der Waals surface area contributed by atoms with E-state index in [1.165, 1.54) is 4.40 Å². The van der Waals surface area contributed by atoms with E-state index >= 15 is 0 Å². The van der Waals surface area contributed by atoms with Crippen LogP contribution in [-0.4, -0.2) is 14.5 Å². The third-order valence-electron chi connectivity index (χ3n) is 2.19. The maximum absolute atomic E-state index is 11.2. The van der Waals surface area contributed by atoms with Crippen LogP contribution in [0.2, 0.25) is 0 Å². The van der Waals surface area contributed by atoms with Crippen LogP contribution in [-0.2, 0) is 6.54 Å². The van der Waals surface area contributed by atoms with E-state index in [4.69, 9.17) is 0 Å². The van der Waals surface area contributed by atoms with Gasteiger partial charge in [0, 0.05) is 6.07 Å². The Morgan fingerprint density at radius 3 is 3.25 bits per heavy atom. The van der Waals surface area contributed by atoms with Gasteiger partial charge in [-0.15, -0.1) is 0 Å². The number of nitrogens with zero attached hydrogens (tertiary/aromatic N) is 1. The average molecular weight is 164 g/mol. The molecule has 0 unspecified atom stereocenters. The summed E-state index contributed by atoms with van der Waals surface area (Å²) < 4.78 is 1.49. The Hall–Kier alpha value is -1.78. The molecule has 5 heteroatoms. The first-order valence-electron chi connectivity index (χ1n) is 3.63. The molecular weight excluding hydrogens is 158 g/mol. The average Bonchev–Trinajstić information content (AvgIpc) is 2.64. The highest BCUT2D eigenvalue weighted by Crippen LogP contribution is 2.11. The highest BCUT2D eigenvalue weighted by molar-refractivity contribution is 5.57. The van der Waals surface area contributed by atoms with Gasteiger partial charge in [-0.05, 0) is 0 Å². The highest BCUT2D eigenvalue weighted by Gasteiger charge is 2.22. The van der Waals surface area contributed by atoms with Crippen molar-refractivity contribution in [3.63, 3.8) is 0 Å². The van der Waals surface area contributed by atoms with E-state index in [2.05, 4.69) is 9.98 Å². The second kappa shape index (κ2) is 1.52. The minimum Gasteiger partial charge on any atom is -0.493 e. The molecule has 0 amide bonds. The molecule has 0 aliphatic carbocycles. The molecule has 0 aromatic carbocycles. The third kappa shape index (κ3) is 0.440. The summed E-state index contributed by atoms with van der Waals surface area (Å²) in [5.74, 6) is -0.0616. The molecule has 0 saturated carbocycles. The largest absolute Gasteiger partial charge is 0.493 e. The van der Waals surface area contributed by atoms with Crippen molar-refractivity contribution >= 4 is 5.52 Å². The van der Waals surface area contributed by atoms with Crippen LogP contribution in [0.1, 0.15) is 5.69 Å². The number of hydrogen-bond acceptors (Lipinski definition) is 2. The Morgan fingerprint density at radius 2 is 2.50 bits per heavy atom. The zero-order chi connectivity index (χ0) is 8.29. The molecule has 2 aromatic heterocycles. The van der Waals surface area contributed by atoms with Crippen LogP contribution in [0.15, 0.2) is 10.9 Å². The number of hydrogen-bond donors (Lipinski definition) is 3. The van der Waals surface area contributed by atoms with Crippen LogP contribution in [0.25, 0.3) is 5.52 Å². The number of fused-ring (bicyclic) bond motifs is 5. The third-order valence-corrected chi connectivity index (χ3v) is 2.19. The van der Waals surface area contributed by atoms with Crippen molar-refractivity contribution in [2.24, 2.45) is 0 Å². The number of rotatable bonds is 0. The van der Waals surface area contributed by atoms with Gasteiger partial charge in [-0.1, -0.05) is 0 Å². The van der Waals surface area contributed by atoms with Gasteiger partial charge in [-0.25, -0.2) is 14.2 Å². The maximum atomic E-state index is 11.2. The summed E-state index contributed by atoms with van der Waals surface area (Å²) in [6.45, 7) is 0.666. The SMILES string of the molecule is O=c1[nH]c(O)c2c3cc(n12)C[NH+]=3. The second-order valence-corrected chi connectivity index (χ2v) is 2.87. The summed E-state index contributed by atoms with van der Waals surface area (Å²) in [7, 11) is 0. The van der Waals surface area contributed by atoms with E-state index in [1.54, 1.807) is 0 Å². The summed E-state index contributed by atoms with van der Waals surface area (Å²) in [5, 5.41) is 10.1. The molecule has 3 rings (SSSR count). The number of imidazole rings is 1. The lowest BCUT2D eigenvalue weighted by atomic mass is 10.5. The quantitative estimate of drug-likeness (QED) is 0.395. The molecule has 3 N–H and O–H groups in total. The van der Waals surface area contributed by atoms with E-state index in [0.717, 1.165) is 11.1 Å². The van der Waals surface area contributed by atoms with Crippen LogP contribution in [0.5, 0.6) is 5.88 Å². The molecule has 2 aromatic rings. The molecule has 0 spiro atoms. The van der Waals surface area contributed by atoms with Gasteiger partial charge in [0.15, 0.2) is 12.1 Å². The van der Waals surface area contributed by atoms with Gasteiger partial charge in [-0.2, -0.15) is 0 Å². The minimum absolute atomic E-state index is 0.0616. The Kier molecular flexibility index (Phi) is 0.739. The minimum atomic E-state index is -0.273. The number of H-pyrrole nitrogens is 1. The van der Waals surface area contributed by atoms with Gasteiger partial charge >= 0.3 is 5.69 Å². The summed E-state index contributed by atoms with van der Waals surface area (Å²) in [6, 6.07) is 1.87. The molecule has 0 saturated heterocycles. The first-order chi connectivity index (χ1) is 5.77. The standard InChI is InChI=1S/C7H5N3O2/c11-6-5-4-1-3(2-8-4)10(5)7(12)9-6/h1,11H,2H2,(H,9,12)/p+1. The van der Waals surface area contributed by atoms with Gasteiger partial charge in [0.2, 0.25) is 11.2 Å². The second-order valence-electron chi connectivity index (χ2n) is 2.87. The van der Waals surface area contributed by atoms with Gasteiger partial charge in [-0.3, -0.25) is 4.98 Å². The Morgan fingerprint density at radius 1 is 1.67 bits per heavy atom. The molecule has 0 radical (unpaired) electrons. The van der Waals surface area contributed by atoms with Crippen molar-refractivity contribution in [3.8, 4) is 5.88 Å². The lowest BCUT2D eigenvalue weighted by Crippen LogP contribution is -2.73. The van der Waals surface area contributed by atoms with E-state index in [9.17, 15) is 9.90 Å².